The normalized spacial score (nSPS) is 15.7. The van der Waals surface area contributed by atoms with Gasteiger partial charge in [-0.25, -0.2) is 9.00 Å². The van der Waals surface area contributed by atoms with E-state index in [2.05, 4.69) is 47.0 Å². The van der Waals surface area contributed by atoms with Crippen molar-refractivity contribution in [2.24, 2.45) is 0 Å². The van der Waals surface area contributed by atoms with Gasteiger partial charge in [0, 0.05) is 17.8 Å². The Kier molecular flexibility index (Phi) is 9.02. The van der Waals surface area contributed by atoms with Crippen LogP contribution < -0.4 is 10.0 Å². The molecule has 1 atom stereocenters. The fourth-order valence-electron chi connectivity index (χ4n) is 4.39. The maximum Gasteiger partial charge on any atom is 0.331 e. The van der Waals surface area contributed by atoms with Crippen molar-refractivity contribution in [2.75, 3.05) is 25.5 Å². The Labute approximate surface area is 205 Å². The molecule has 9 heteroatoms. The van der Waals surface area contributed by atoms with Gasteiger partial charge in [-0.2, -0.15) is 5.10 Å². The van der Waals surface area contributed by atoms with Gasteiger partial charge in [-0.05, 0) is 95.3 Å². The highest BCUT2D eigenvalue weighted by Gasteiger charge is 2.22. The van der Waals surface area contributed by atoms with Crippen LogP contribution >= 0.6 is 0 Å². The summed E-state index contributed by atoms with van der Waals surface area (Å²) in [6.07, 6.45) is 6.96. The number of aryl methyl sites for hydroxylation is 2. The van der Waals surface area contributed by atoms with Crippen LogP contribution in [0.5, 0.6) is 0 Å². The molecule has 0 saturated carbocycles. The Bertz CT molecular complexity index is 1060. The average Bonchev–Trinajstić information content (AvgIpc) is 3.42. The molecule has 1 aromatic heterocycles. The Morgan fingerprint density at radius 3 is 2.47 bits per heavy atom. The number of amides is 2. The van der Waals surface area contributed by atoms with Crippen LogP contribution in [0.1, 0.15) is 78.8 Å². The molecule has 34 heavy (non-hydrogen) atoms. The van der Waals surface area contributed by atoms with E-state index in [9.17, 15) is 13.8 Å². The summed E-state index contributed by atoms with van der Waals surface area (Å²) in [5, 5.41) is 7.30. The van der Waals surface area contributed by atoms with Gasteiger partial charge in [-0.15, -0.1) is 0 Å². The van der Waals surface area contributed by atoms with Crippen molar-refractivity contribution in [1.29, 1.82) is 0 Å². The molecule has 2 amide bonds. The van der Waals surface area contributed by atoms with E-state index in [0.717, 1.165) is 43.4 Å². The Balaban J connectivity index is 0.000000574. The molecule has 2 N–H and O–H groups in total. The average molecular weight is 488 g/mol. The lowest BCUT2D eigenvalue weighted by atomic mass is 9.95. The van der Waals surface area contributed by atoms with Crippen LogP contribution in [0.15, 0.2) is 17.2 Å². The van der Waals surface area contributed by atoms with Crippen molar-refractivity contribution in [3.63, 3.8) is 0 Å². The number of nitrogens with zero attached hydrogens (tertiary/aromatic N) is 3. The number of aldehydes is 1. The van der Waals surface area contributed by atoms with Crippen LogP contribution in [0, 0.1) is 6.92 Å². The quantitative estimate of drug-likeness (QED) is 0.571. The zero-order chi connectivity index (χ0) is 24.8. The van der Waals surface area contributed by atoms with Crippen molar-refractivity contribution in [2.45, 2.75) is 77.3 Å². The number of fused-ring (bicyclic) bond motifs is 1. The molecule has 1 saturated heterocycles. The third-order valence-electron chi connectivity index (χ3n) is 6.28. The van der Waals surface area contributed by atoms with E-state index < -0.39 is 17.0 Å². The molecule has 8 nitrogen and oxygen atoms in total. The third kappa shape index (κ3) is 6.13. The van der Waals surface area contributed by atoms with Crippen LogP contribution in [0.4, 0.5) is 10.5 Å². The summed E-state index contributed by atoms with van der Waals surface area (Å²) in [7, 11) is 0.281. The lowest BCUT2D eigenvalue weighted by Gasteiger charge is -2.24. The van der Waals surface area contributed by atoms with Gasteiger partial charge in [-0.1, -0.05) is 19.4 Å². The van der Waals surface area contributed by atoms with Gasteiger partial charge < -0.3 is 10.2 Å². The Hall–Kier alpha value is -2.52. The number of hydrogen-bond donors (Lipinski definition) is 2. The van der Waals surface area contributed by atoms with Gasteiger partial charge in [0.15, 0.2) is 22.3 Å². The second kappa shape index (κ2) is 11.8. The molecule has 1 aromatic carbocycles. The minimum atomic E-state index is -1.86. The van der Waals surface area contributed by atoms with Crippen LogP contribution in [-0.4, -0.2) is 51.3 Å². The first-order valence-electron chi connectivity index (χ1n) is 12.1. The minimum Gasteiger partial charge on any atom is -0.307 e. The molecular formula is C25H37N5O3S. The number of likely N-dealkylation sites (tertiary alicyclic amines) is 1. The summed E-state index contributed by atoms with van der Waals surface area (Å²) in [6, 6.07) is 3.08. The number of aromatic nitrogens is 2. The molecule has 2 aromatic rings. The monoisotopic (exact) mass is 487 g/mol. The van der Waals surface area contributed by atoms with E-state index in [1.165, 1.54) is 46.9 Å². The molecule has 4 rings (SSSR count). The molecule has 0 radical (unpaired) electrons. The summed E-state index contributed by atoms with van der Waals surface area (Å²) in [4.78, 5) is 26.2. The molecule has 0 bridgehead atoms. The smallest absolute Gasteiger partial charge is 0.307 e. The lowest BCUT2D eigenvalue weighted by Crippen LogP contribution is -2.32. The summed E-state index contributed by atoms with van der Waals surface area (Å²) in [5.41, 5.74) is 5.97. The maximum absolute atomic E-state index is 12.6. The second-order valence-electron chi connectivity index (χ2n) is 9.33. The summed E-state index contributed by atoms with van der Waals surface area (Å²) < 4.78 is 16.6. The number of rotatable bonds is 7. The topological polar surface area (TPSA) is 96.3 Å². The highest BCUT2D eigenvalue weighted by atomic mass is 32.2. The fraction of sp³-hybridized carbons (Fsp3) is 0.560. The first-order chi connectivity index (χ1) is 16.2. The fourth-order valence-corrected chi connectivity index (χ4v) is 5.10. The van der Waals surface area contributed by atoms with E-state index >= 15 is 0 Å². The van der Waals surface area contributed by atoms with Crippen LogP contribution in [0.25, 0.3) is 0 Å². The molecule has 2 aliphatic rings. The highest BCUT2D eigenvalue weighted by Crippen LogP contribution is 2.35. The van der Waals surface area contributed by atoms with E-state index in [1.807, 2.05) is 13.8 Å². The Morgan fingerprint density at radius 2 is 1.94 bits per heavy atom. The zero-order valence-electron chi connectivity index (χ0n) is 20.9. The number of nitrogens with one attached hydrogen (secondary N) is 2. The number of urea groups is 1. The molecule has 1 aliphatic carbocycles. The number of hydrogen-bond acceptors (Lipinski definition) is 5. The van der Waals surface area contributed by atoms with Gasteiger partial charge in [0.05, 0.1) is 0 Å². The number of carbonyl (C=O) groups is 2. The Morgan fingerprint density at radius 1 is 1.24 bits per heavy atom. The predicted molar refractivity (Wildman–Crippen MR) is 136 cm³/mol. The van der Waals surface area contributed by atoms with Gasteiger partial charge >= 0.3 is 6.03 Å². The SMILES string of the molecule is CCCc1c(C)cc2c(c1NC(=O)NS(=O)c1cc(C=O)n(C(C)C)n1)CCC2.CN1CCC1. The van der Waals surface area contributed by atoms with Crippen molar-refractivity contribution in [3.05, 3.63) is 40.1 Å². The summed E-state index contributed by atoms with van der Waals surface area (Å²) >= 11 is 0. The molecule has 1 fully saturated rings. The number of carbonyl (C=O) groups excluding carboxylic acids is 2. The van der Waals surface area contributed by atoms with Crippen LogP contribution in [-0.2, 0) is 30.2 Å². The highest BCUT2D eigenvalue weighted by molar-refractivity contribution is 7.83. The molecular weight excluding hydrogens is 450 g/mol. The van der Waals surface area contributed by atoms with Crippen molar-refractivity contribution >= 4 is 29.0 Å². The minimum absolute atomic E-state index is 0.0544. The van der Waals surface area contributed by atoms with E-state index in [1.54, 1.807) is 0 Å². The first kappa shape index (κ1) is 26.1. The first-order valence-corrected chi connectivity index (χ1v) is 13.3. The van der Waals surface area contributed by atoms with Crippen molar-refractivity contribution in [1.82, 2.24) is 19.4 Å². The number of benzene rings is 1. The summed E-state index contributed by atoms with van der Waals surface area (Å²) in [5.74, 6) is 0. The van der Waals surface area contributed by atoms with E-state index in [4.69, 9.17) is 0 Å². The summed E-state index contributed by atoms with van der Waals surface area (Å²) in [6.45, 7) is 10.6. The van der Waals surface area contributed by atoms with E-state index in [-0.39, 0.29) is 11.1 Å². The standard InChI is InChI=1S/C21H28N4O3S.C4H9N/c1-5-7-17-14(4)10-15-8-6-9-18(15)20(17)22-21(27)24-29(28)19-11-16(12-26)25(23-19)13(2)3;1-5-3-2-4-5/h10-13H,5-9H2,1-4H3,(H2,22,24,27);2-4H2,1H3. The molecule has 2 heterocycles. The molecule has 186 valence electrons. The zero-order valence-corrected chi connectivity index (χ0v) is 21.8. The van der Waals surface area contributed by atoms with Gasteiger partial charge in [0.25, 0.3) is 0 Å². The van der Waals surface area contributed by atoms with Gasteiger partial charge in [0.1, 0.15) is 5.69 Å². The van der Waals surface area contributed by atoms with Crippen molar-refractivity contribution in [3.8, 4) is 0 Å². The lowest BCUT2D eigenvalue weighted by molar-refractivity contribution is 0.111. The van der Waals surface area contributed by atoms with E-state index in [0.29, 0.717) is 12.0 Å². The van der Waals surface area contributed by atoms with Gasteiger partial charge in [-0.3, -0.25) is 14.2 Å². The van der Waals surface area contributed by atoms with Gasteiger partial charge in [0.2, 0.25) is 0 Å². The largest absolute Gasteiger partial charge is 0.331 e. The molecule has 0 spiro atoms. The van der Waals surface area contributed by atoms with Crippen molar-refractivity contribution < 1.29 is 13.8 Å². The third-order valence-corrected chi connectivity index (χ3v) is 7.23. The van der Waals surface area contributed by atoms with Crippen LogP contribution in [0.2, 0.25) is 0 Å². The number of anilines is 1. The maximum atomic E-state index is 12.6. The van der Waals surface area contributed by atoms with Crippen LogP contribution in [0.3, 0.4) is 0 Å². The predicted octanol–water partition coefficient (Wildman–Crippen LogP) is 4.19. The molecule has 1 unspecified atom stereocenters. The second-order valence-corrected chi connectivity index (χ2v) is 10.5. The molecule has 1 aliphatic heterocycles.